The van der Waals surface area contributed by atoms with E-state index in [0.29, 0.717) is 17.5 Å². The summed E-state index contributed by atoms with van der Waals surface area (Å²) in [4.78, 5) is 15.1. The summed E-state index contributed by atoms with van der Waals surface area (Å²) < 4.78 is 2.44. The molecule has 258 valence electrons. The molecule has 0 aliphatic rings. The molecule has 0 radical (unpaired) electrons. The minimum atomic E-state index is 0.659. The van der Waals surface area contributed by atoms with E-state index in [1.807, 2.05) is 60.7 Å². The van der Waals surface area contributed by atoms with Gasteiger partial charge in [-0.15, -0.1) is 11.3 Å². The highest BCUT2D eigenvalue weighted by Crippen LogP contribution is 2.42. The standard InChI is InChI=1S/C51H33N3S/c1-5-14-34(15-6-1)41-30-42(35-16-7-2-8-17-35)32-43(31-41)37-26-24-36(25-27-37)40-28-29-46-45(33-40)48-44(22-13-23-47(48)55-46)51-53-49(38-18-9-3-10-19-38)52-50(54-51)39-20-11-4-12-21-39/h1-33H. The van der Waals surface area contributed by atoms with Crippen LogP contribution in [-0.4, -0.2) is 15.0 Å². The third kappa shape index (κ3) is 6.39. The molecule has 0 fully saturated rings. The van der Waals surface area contributed by atoms with Gasteiger partial charge in [-0.3, -0.25) is 0 Å². The molecule has 0 unspecified atom stereocenters. The second-order valence-electron chi connectivity index (χ2n) is 13.6. The first-order chi connectivity index (χ1) is 27.2. The summed E-state index contributed by atoms with van der Waals surface area (Å²) in [6, 6.07) is 70.7. The van der Waals surface area contributed by atoms with Crippen molar-refractivity contribution in [2.24, 2.45) is 0 Å². The van der Waals surface area contributed by atoms with Crippen molar-refractivity contribution in [1.29, 1.82) is 0 Å². The van der Waals surface area contributed by atoms with Crippen LogP contribution in [0.1, 0.15) is 0 Å². The topological polar surface area (TPSA) is 38.7 Å². The Morgan fingerprint density at radius 3 is 1.20 bits per heavy atom. The first-order valence-corrected chi connectivity index (χ1v) is 19.2. The van der Waals surface area contributed by atoms with Crippen LogP contribution in [0.4, 0.5) is 0 Å². The lowest BCUT2D eigenvalue weighted by atomic mass is 9.92. The zero-order valence-electron chi connectivity index (χ0n) is 29.8. The summed E-state index contributed by atoms with van der Waals surface area (Å²) in [5, 5.41) is 2.36. The van der Waals surface area contributed by atoms with Gasteiger partial charge in [0.1, 0.15) is 0 Å². The molecule has 3 nitrogen and oxygen atoms in total. The summed E-state index contributed by atoms with van der Waals surface area (Å²) in [7, 11) is 0. The van der Waals surface area contributed by atoms with E-state index in [2.05, 4.69) is 140 Å². The number of fused-ring (bicyclic) bond motifs is 3. The van der Waals surface area contributed by atoms with Crippen LogP contribution >= 0.6 is 11.3 Å². The summed E-state index contributed by atoms with van der Waals surface area (Å²) >= 11 is 1.80. The van der Waals surface area contributed by atoms with Crippen molar-refractivity contribution in [3.63, 3.8) is 0 Å². The number of hydrogen-bond donors (Lipinski definition) is 0. The lowest BCUT2D eigenvalue weighted by Crippen LogP contribution is -2.00. The number of hydrogen-bond acceptors (Lipinski definition) is 4. The summed E-state index contributed by atoms with van der Waals surface area (Å²) in [6.45, 7) is 0. The first-order valence-electron chi connectivity index (χ1n) is 18.4. The number of benzene rings is 8. The molecule has 8 aromatic carbocycles. The van der Waals surface area contributed by atoms with Crippen molar-refractivity contribution >= 4 is 31.5 Å². The molecule has 0 aliphatic heterocycles. The fraction of sp³-hybridized carbons (Fsp3) is 0. The van der Waals surface area contributed by atoms with Gasteiger partial charge in [0.05, 0.1) is 0 Å². The van der Waals surface area contributed by atoms with Gasteiger partial charge in [0.15, 0.2) is 17.5 Å². The Morgan fingerprint density at radius 1 is 0.273 bits per heavy atom. The Kier molecular flexibility index (Phi) is 8.36. The predicted molar refractivity (Wildman–Crippen MR) is 231 cm³/mol. The number of nitrogens with zero attached hydrogens (tertiary/aromatic N) is 3. The molecule has 2 heterocycles. The molecule has 0 N–H and O–H groups in total. The second kappa shape index (κ2) is 14.1. The summed E-state index contributed by atoms with van der Waals surface area (Å²) in [5.74, 6) is 1.99. The van der Waals surface area contributed by atoms with Gasteiger partial charge in [0, 0.05) is 36.9 Å². The van der Waals surface area contributed by atoms with Crippen molar-refractivity contribution in [1.82, 2.24) is 15.0 Å². The minimum Gasteiger partial charge on any atom is -0.208 e. The van der Waals surface area contributed by atoms with Crippen molar-refractivity contribution in [3.8, 4) is 78.7 Å². The van der Waals surface area contributed by atoms with Crippen LogP contribution in [0.5, 0.6) is 0 Å². The van der Waals surface area contributed by atoms with Gasteiger partial charge in [0.2, 0.25) is 0 Å². The van der Waals surface area contributed by atoms with Gasteiger partial charge >= 0.3 is 0 Å². The van der Waals surface area contributed by atoms with Crippen LogP contribution in [-0.2, 0) is 0 Å². The fourth-order valence-corrected chi connectivity index (χ4v) is 8.48. The van der Waals surface area contributed by atoms with Crippen LogP contribution in [0.25, 0.3) is 98.8 Å². The Hall–Kier alpha value is -7.01. The molecule has 4 heteroatoms. The molecule has 55 heavy (non-hydrogen) atoms. The summed E-state index contributed by atoms with van der Waals surface area (Å²) in [5.41, 5.74) is 12.5. The molecule has 0 amide bonds. The van der Waals surface area contributed by atoms with E-state index in [1.54, 1.807) is 11.3 Å². The van der Waals surface area contributed by atoms with Crippen LogP contribution in [0.3, 0.4) is 0 Å². The van der Waals surface area contributed by atoms with Crippen molar-refractivity contribution in [3.05, 3.63) is 200 Å². The van der Waals surface area contributed by atoms with Crippen molar-refractivity contribution in [2.75, 3.05) is 0 Å². The Balaban J connectivity index is 1.06. The zero-order chi connectivity index (χ0) is 36.6. The van der Waals surface area contributed by atoms with E-state index in [1.165, 1.54) is 59.3 Å². The molecule has 0 atom stereocenters. The van der Waals surface area contributed by atoms with Crippen LogP contribution in [0.2, 0.25) is 0 Å². The van der Waals surface area contributed by atoms with E-state index in [4.69, 9.17) is 15.0 Å². The molecule has 0 saturated carbocycles. The molecule has 2 aromatic heterocycles. The predicted octanol–water partition coefficient (Wildman–Crippen LogP) is 13.9. The van der Waals surface area contributed by atoms with Crippen LogP contribution < -0.4 is 0 Å². The molecule has 0 bridgehead atoms. The highest BCUT2D eigenvalue weighted by atomic mass is 32.1. The Morgan fingerprint density at radius 2 is 0.691 bits per heavy atom. The SMILES string of the molecule is c1ccc(-c2cc(-c3ccccc3)cc(-c3ccc(-c4ccc5sc6cccc(-c7nc(-c8ccccc8)nc(-c8ccccc8)n7)c6c5c4)cc3)c2)cc1. The van der Waals surface area contributed by atoms with Gasteiger partial charge in [-0.1, -0.05) is 164 Å². The summed E-state index contributed by atoms with van der Waals surface area (Å²) in [6.07, 6.45) is 0. The monoisotopic (exact) mass is 719 g/mol. The number of rotatable bonds is 7. The molecule has 0 spiro atoms. The smallest absolute Gasteiger partial charge is 0.164 e. The minimum absolute atomic E-state index is 0.659. The maximum Gasteiger partial charge on any atom is 0.164 e. The van der Waals surface area contributed by atoms with Gasteiger partial charge in [0.25, 0.3) is 0 Å². The number of aromatic nitrogens is 3. The van der Waals surface area contributed by atoms with Gasteiger partial charge in [-0.2, -0.15) is 0 Å². The normalized spacial score (nSPS) is 11.3. The molecule has 0 saturated heterocycles. The maximum absolute atomic E-state index is 5.09. The third-order valence-corrected chi connectivity index (χ3v) is 11.3. The number of thiophene rings is 1. The van der Waals surface area contributed by atoms with E-state index >= 15 is 0 Å². The largest absolute Gasteiger partial charge is 0.208 e. The third-order valence-electron chi connectivity index (χ3n) is 10.1. The van der Waals surface area contributed by atoms with Crippen molar-refractivity contribution in [2.45, 2.75) is 0 Å². The fourth-order valence-electron chi connectivity index (χ4n) is 7.37. The van der Waals surface area contributed by atoms with E-state index in [9.17, 15) is 0 Å². The Labute approximate surface area is 323 Å². The van der Waals surface area contributed by atoms with E-state index in [0.717, 1.165) is 22.1 Å². The van der Waals surface area contributed by atoms with Crippen LogP contribution in [0, 0.1) is 0 Å². The molecular formula is C51H33N3S. The first kappa shape index (κ1) is 32.6. The molecule has 0 aliphatic carbocycles. The maximum atomic E-state index is 5.09. The molecule has 10 rings (SSSR count). The molecule has 10 aromatic rings. The lowest BCUT2D eigenvalue weighted by molar-refractivity contribution is 1.08. The van der Waals surface area contributed by atoms with Crippen molar-refractivity contribution < 1.29 is 0 Å². The quantitative estimate of drug-likeness (QED) is 0.165. The second-order valence-corrected chi connectivity index (χ2v) is 14.7. The zero-order valence-corrected chi connectivity index (χ0v) is 30.6. The average Bonchev–Trinajstić information content (AvgIpc) is 3.66. The van der Waals surface area contributed by atoms with Gasteiger partial charge < -0.3 is 0 Å². The van der Waals surface area contributed by atoms with Gasteiger partial charge in [-0.25, -0.2) is 15.0 Å². The average molecular weight is 720 g/mol. The van der Waals surface area contributed by atoms with Gasteiger partial charge in [-0.05, 0) is 80.9 Å². The lowest BCUT2D eigenvalue weighted by Gasteiger charge is -2.12. The van der Waals surface area contributed by atoms with E-state index in [-0.39, 0.29) is 0 Å². The Bertz CT molecular complexity index is 2820. The van der Waals surface area contributed by atoms with E-state index < -0.39 is 0 Å². The molecular weight excluding hydrogens is 687 g/mol. The highest BCUT2D eigenvalue weighted by Gasteiger charge is 2.17. The van der Waals surface area contributed by atoms with Crippen LogP contribution in [0.15, 0.2) is 200 Å². The highest BCUT2D eigenvalue weighted by molar-refractivity contribution is 7.26.